The predicted molar refractivity (Wildman–Crippen MR) is 72.9 cm³/mol. The number of hydrogen-bond donors (Lipinski definition) is 2. The Balaban J connectivity index is 2.30. The number of carbonyl (C=O) groups is 1. The third-order valence-electron chi connectivity index (χ3n) is 2.82. The lowest BCUT2D eigenvalue weighted by Gasteiger charge is -2.09. The van der Waals surface area contributed by atoms with Crippen molar-refractivity contribution in [2.24, 2.45) is 11.1 Å². The zero-order valence-corrected chi connectivity index (χ0v) is 12.1. The molecule has 19 heavy (non-hydrogen) atoms. The Kier molecular flexibility index (Phi) is 4.06. The van der Waals surface area contributed by atoms with Gasteiger partial charge in [-0.15, -0.1) is 0 Å². The summed E-state index contributed by atoms with van der Waals surface area (Å²) >= 11 is 11.6. The molecular formula is C11H12Cl2N2O3S. The van der Waals surface area contributed by atoms with Gasteiger partial charge >= 0.3 is 0 Å². The van der Waals surface area contributed by atoms with Crippen LogP contribution in [0.5, 0.6) is 0 Å². The van der Waals surface area contributed by atoms with E-state index < -0.39 is 15.9 Å². The van der Waals surface area contributed by atoms with Crippen LogP contribution in [0.2, 0.25) is 10.0 Å². The predicted octanol–water partition coefficient (Wildman–Crippen LogP) is 1.78. The number of primary sulfonamides is 1. The quantitative estimate of drug-likeness (QED) is 0.885. The van der Waals surface area contributed by atoms with E-state index in [1.807, 2.05) is 0 Å². The summed E-state index contributed by atoms with van der Waals surface area (Å²) in [6, 6.07) is 2.30. The van der Waals surface area contributed by atoms with Crippen LogP contribution in [0.3, 0.4) is 0 Å². The summed E-state index contributed by atoms with van der Waals surface area (Å²) in [4.78, 5) is 11.6. The van der Waals surface area contributed by atoms with Crippen LogP contribution in [0.1, 0.15) is 23.2 Å². The molecule has 104 valence electrons. The second kappa shape index (κ2) is 5.28. The number of nitrogens with one attached hydrogen (secondary N) is 1. The van der Waals surface area contributed by atoms with Crippen LogP contribution in [0, 0.1) is 5.92 Å². The Labute approximate surface area is 121 Å². The van der Waals surface area contributed by atoms with E-state index in [4.69, 9.17) is 28.3 Å². The largest absolute Gasteiger partial charge is 0.352 e. The lowest BCUT2D eigenvalue weighted by atomic mass is 10.2. The van der Waals surface area contributed by atoms with Crippen molar-refractivity contribution in [3.05, 3.63) is 27.7 Å². The lowest BCUT2D eigenvalue weighted by Crippen LogP contribution is -2.26. The first kappa shape index (κ1) is 14.6. The molecule has 0 aromatic heterocycles. The minimum atomic E-state index is -4.00. The number of halogens is 2. The average Bonchev–Trinajstić information content (AvgIpc) is 3.07. The van der Waals surface area contributed by atoms with E-state index >= 15 is 0 Å². The standard InChI is InChI=1S/C11H12Cl2N2O3S/c12-8-4-9(13)10(19(14,17)18)3-7(8)11(16)15-5-6-1-2-6/h3-4,6H,1-2,5H2,(H,15,16)(H2,14,17,18). The highest BCUT2D eigenvalue weighted by atomic mass is 35.5. The maximum atomic E-state index is 11.9. The Bertz CT molecular complexity index is 627. The first-order valence-electron chi connectivity index (χ1n) is 5.59. The van der Waals surface area contributed by atoms with E-state index in [0.717, 1.165) is 18.9 Å². The number of benzene rings is 1. The second-order valence-electron chi connectivity index (χ2n) is 4.46. The molecule has 0 unspecified atom stereocenters. The highest BCUT2D eigenvalue weighted by Crippen LogP contribution is 2.29. The zero-order chi connectivity index (χ0) is 14.2. The smallest absolute Gasteiger partial charge is 0.252 e. The molecule has 1 saturated carbocycles. The first-order chi connectivity index (χ1) is 8.79. The summed E-state index contributed by atoms with van der Waals surface area (Å²) in [6.07, 6.45) is 2.19. The zero-order valence-electron chi connectivity index (χ0n) is 9.82. The molecule has 2 rings (SSSR count). The summed E-state index contributed by atoms with van der Waals surface area (Å²) in [7, 11) is -4.00. The van der Waals surface area contributed by atoms with Crippen LogP contribution in [-0.2, 0) is 10.0 Å². The minimum Gasteiger partial charge on any atom is -0.352 e. The first-order valence-corrected chi connectivity index (χ1v) is 7.89. The molecule has 1 amide bonds. The van der Waals surface area contributed by atoms with Gasteiger partial charge in [-0.1, -0.05) is 23.2 Å². The van der Waals surface area contributed by atoms with Crippen LogP contribution < -0.4 is 10.5 Å². The fraction of sp³-hybridized carbons (Fsp3) is 0.364. The van der Waals surface area contributed by atoms with E-state index in [9.17, 15) is 13.2 Å². The van der Waals surface area contributed by atoms with E-state index in [2.05, 4.69) is 5.32 Å². The second-order valence-corrected chi connectivity index (χ2v) is 6.81. The third kappa shape index (κ3) is 3.60. The summed E-state index contributed by atoms with van der Waals surface area (Å²) in [5.74, 6) is 0.0752. The van der Waals surface area contributed by atoms with Gasteiger partial charge in [-0.25, -0.2) is 13.6 Å². The van der Waals surface area contributed by atoms with Crippen LogP contribution in [-0.4, -0.2) is 20.9 Å². The van der Waals surface area contributed by atoms with Crippen molar-refractivity contribution in [2.75, 3.05) is 6.54 Å². The topological polar surface area (TPSA) is 89.3 Å². The molecule has 1 fully saturated rings. The Hall–Kier alpha value is -0.820. The number of hydrogen-bond acceptors (Lipinski definition) is 3. The minimum absolute atomic E-state index is 0.0516. The highest BCUT2D eigenvalue weighted by molar-refractivity contribution is 7.89. The molecule has 1 aromatic rings. The van der Waals surface area contributed by atoms with Crippen LogP contribution in [0.4, 0.5) is 0 Å². The lowest BCUT2D eigenvalue weighted by molar-refractivity contribution is 0.0952. The van der Waals surface area contributed by atoms with Crippen molar-refractivity contribution >= 4 is 39.1 Å². The fourth-order valence-corrected chi connectivity index (χ4v) is 2.98. The Morgan fingerprint density at radius 2 is 1.95 bits per heavy atom. The van der Waals surface area contributed by atoms with Crippen molar-refractivity contribution in [1.29, 1.82) is 0 Å². The van der Waals surface area contributed by atoms with Crippen molar-refractivity contribution < 1.29 is 13.2 Å². The van der Waals surface area contributed by atoms with E-state index in [0.29, 0.717) is 12.5 Å². The molecule has 0 atom stereocenters. The molecule has 1 aromatic carbocycles. The van der Waals surface area contributed by atoms with Gasteiger partial charge in [0, 0.05) is 6.54 Å². The van der Waals surface area contributed by atoms with Gasteiger partial charge in [0.15, 0.2) is 0 Å². The van der Waals surface area contributed by atoms with E-state index in [1.54, 1.807) is 0 Å². The van der Waals surface area contributed by atoms with Crippen LogP contribution in [0.25, 0.3) is 0 Å². The van der Waals surface area contributed by atoms with Crippen molar-refractivity contribution in [3.63, 3.8) is 0 Å². The molecule has 0 saturated heterocycles. The van der Waals surface area contributed by atoms with E-state index in [-0.39, 0.29) is 20.5 Å². The number of carbonyl (C=O) groups excluding carboxylic acids is 1. The van der Waals surface area contributed by atoms with Gasteiger partial charge in [0.05, 0.1) is 15.6 Å². The molecule has 0 radical (unpaired) electrons. The molecule has 3 N–H and O–H groups in total. The maximum Gasteiger partial charge on any atom is 0.252 e. The molecule has 5 nitrogen and oxygen atoms in total. The highest BCUT2D eigenvalue weighted by Gasteiger charge is 2.24. The van der Waals surface area contributed by atoms with Gasteiger partial charge in [0.25, 0.3) is 5.91 Å². The average molecular weight is 323 g/mol. The van der Waals surface area contributed by atoms with Crippen molar-refractivity contribution in [3.8, 4) is 0 Å². The van der Waals surface area contributed by atoms with Crippen LogP contribution >= 0.6 is 23.2 Å². The summed E-state index contributed by atoms with van der Waals surface area (Å²) in [5, 5.41) is 7.70. The third-order valence-corrected chi connectivity index (χ3v) is 4.51. The molecular weight excluding hydrogens is 311 g/mol. The molecule has 1 aliphatic carbocycles. The summed E-state index contributed by atoms with van der Waals surface area (Å²) in [6.45, 7) is 0.558. The Morgan fingerprint density at radius 3 is 2.47 bits per heavy atom. The van der Waals surface area contributed by atoms with E-state index in [1.165, 1.54) is 6.07 Å². The summed E-state index contributed by atoms with van der Waals surface area (Å²) < 4.78 is 22.7. The SMILES string of the molecule is NS(=O)(=O)c1cc(C(=O)NCC2CC2)c(Cl)cc1Cl. The number of sulfonamides is 1. The number of amides is 1. The van der Waals surface area contributed by atoms with Gasteiger partial charge in [0.2, 0.25) is 10.0 Å². The summed E-state index contributed by atoms with van der Waals surface area (Å²) in [5.41, 5.74) is 0.0516. The molecule has 8 heteroatoms. The number of nitrogens with two attached hydrogens (primary N) is 1. The molecule has 0 spiro atoms. The fourth-order valence-electron chi connectivity index (χ4n) is 1.58. The van der Waals surface area contributed by atoms with Crippen molar-refractivity contribution in [1.82, 2.24) is 5.32 Å². The molecule has 0 bridgehead atoms. The molecule has 0 heterocycles. The van der Waals surface area contributed by atoms with Gasteiger partial charge < -0.3 is 5.32 Å². The van der Waals surface area contributed by atoms with Crippen molar-refractivity contribution in [2.45, 2.75) is 17.7 Å². The van der Waals surface area contributed by atoms with Gasteiger partial charge in [-0.05, 0) is 30.9 Å². The number of rotatable bonds is 4. The monoisotopic (exact) mass is 322 g/mol. The Morgan fingerprint density at radius 1 is 1.32 bits per heavy atom. The molecule has 1 aliphatic rings. The molecule has 0 aliphatic heterocycles. The van der Waals surface area contributed by atoms with Gasteiger partial charge in [-0.2, -0.15) is 0 Å². The van der Waals surface area contributed by atoms with Crippen LogP contribution in [0.15, 0.2) is 17.0 Å². The maximum absolute atomic E-state index is 11.9. The van der Waals surface area contributed by atoms with Gasteiger partial charge in [0.1, 0.15) is 4.90 Å². The normalized spacial score (nSPS) is 15.3. The van der Waals surface area contributed by atoms with Gasteiger partial charge in [-0.3, -0.25) is 4.79 Å².